The minimum Gasteiger partial charge on any atom is -0.457 e. The Balaban J connectivity index is 2.13. The van der Waals surface area contributed by atoms with Crippen LogP contribution in [0.25, 0.3) is 0 Å². The van der Waals surface area contributed by atoms with E-state index in [1.165, 1.54) is 12.1 Å². The maximum Gasteiger partial charge on any atom is 0.341 e. The van der Waals surface area contributed by atoms with Crippen molar-refractivity contribution < 1.29 is 13.9 Å². The number of carbonyl (C=O) groups is 1. The SMILES string of the molecule is N#Cc1ccccc1COC(=O)c1cc(Cl)ccc1F. The molecule has 2 aromatic rings. The van der Waals surface area contributed by atoms with Crippen LogP contribution in [0.5, 0.6) is 0 Å². The molecule has 20 heavy (non-hydrogen) atoms. The van der Waals surface area contributed by atoms with Crippen LogP contribution in [-0.4, -0.2) is 5.97 Å². The van der Waals surface area contributed by atoms with Crippen molar-refractivity contribution in [3.8, 4) is 6.07 Å². The second-order valence-electron chi connectivity index (χ2n) is 3.97. The Morgan fingerprint density at radius 2 is 2.05 bits per heavy atom. The molecule has 0 N–H and O–H groups in total. The molecular formula is C15H9ClFNO2. The first-order chi connectivity index (χ1) is 9.61. The highest BCUT2D eigenvalue weighted by Crippen LogP contribution is 2.17. The van der Waals surface area contributed by atoms with Crippen LogP contribution in [0.2, 0.25) is 5.02 Å². The van der Waals surface area contributed by atoms with Crippen LogP contribution in [0, 0.1) is 17.1 Å². The molecule has 0 saturated heterocycles. The predicted octanol–water partition coefficient (Wildman–Crippen LogP) is 3.71. The van der Waals surface area contributed by atoms with Gasteiger partial charge < -0.3 is 4.74 Å². The molecule has 0 spiro atoms. The number of nitrogens with zero attached hydrogens (tertiary/aromatic N) is 1. The quantitative estimate of drug-likeness (QED) is 0.809. The lowest BCUT2D eigenvalue weighted by Gasteiger charge is -2.07. The van der Waals surface area contributed by atoms with Gasteiger partial charge in [-0.1, -0.05) is 29.8 Å². The fourth-order valence-corrected chi connectivity index (χ4v) is 1.80. The summed E-state index contributed by atoms with van der Waals surface area (Å²) in [6.45, 7) is -0.103. The molecule has 5 heteroatoms. The van der Waals surface area contributed by atoms with Gasteiger partial charge in [0.2, 0.25) is 0 Å². The van der Waals surface area contributed by atoms with Crippen molar-refractivity contribution >= 4 is 17.6 Å². The molecule has 0 aliphatic heterocycles. The Bertz CT molecular complexity index is 695. The number of hydrogen-bond donors (Lipinski definition) is 0. The van der Waals surface area contributed by atoms with E-state index in [-0.39, 0.29) is 17.2 Å². The van der Waals surface area contributed by atoms with E-state index in [2.05, 4.69) is 0 Å². The molecule has 100 valence electrons. The molecule has 0 fully saturated rings. The van der Waals surface area contributed by atoms with Gasteiger partial charge in [-0.05, 0) is 24.3 Å². The Kier molecular flexibility index (Phi) is 4.34. The second kappa shape index (κ2) is 6.18. The van der Waals surface area contributed by atoms with E-state index in [0.717, 1.165) is 6.07 Å². The maximum absolute atomic E-state index is 13.5. The molecule has 3 nitrogen and oxygen atoms in total. The third-order valence-corrected chi connectivity index (χ3v) is 2.88. The number of benzene rings is 2. The van der Waals surface area contributed by atoms with Gasteiger partial charge in [-0.2, -0.15) is 5.26 Å². The normalized spacial score (nSPS) is 9.85. The Hall–Kier alpha value is -2.38. The third-order valence-electron chi connectivity index (χ3n) is 2.64. The molecule has 0 bridgehead atoms. The summed E-state index contributed by atoms with van der Waals surface area (Å²) >= 11 is 5.71. The molecular weight excluding hydrogens is 281 g/mol. The number of ether oxygens (including phenoxy) is 1. The van der Waals surface area contributed by atoms with Gasteiger partial charge in [-0.3, -0.25) is 0 Å². The van der Waals surface area contributed by atoms with Gasteiger partial charge in [-0.25, -0.2) is 9.18 Å². The van der Waals surface area contributed by atoms with Crippen molar-refractivity contribution in [1.82, 2.24) is 0 Å². The van der Waals surface area contributed by atoms with Gasteiger partial charge in [0.05, 0.1) is 17.2 Å². The molecule has 0 unspecified atom stereocenters. The summed E-state index contributed by atoms with van der Waals surface area (Å²) in [7, 11) is 0. The summed E-state index contributed by atoms with van der Waals surface area (Å²) in [5.41, 5.74) is 0.740. The molecule has 0 aromatic heterocycles. The number of carbonyl (C=O) groups excluding carboxylic acids is 1. The van der Waals surface area contributed by atoms with Gasteiger partial charge in [0.15, 0.2) is 0 Å². The lowest BCUT2D eigenvalue weighted by Crippen LogP contribution is -2.08. The highest BCUT2D eigenvalue weighted by Gasteiger charge is 2.14. The van der Waals surface area contributed by atoms with Crippen molar-refractivity contribution in [2.24, 2.45) is 0 Å². The lowest BCUT2D eigenvalue weighted by atomic mass is 10.1. The van der Waals surface area contributed by atoms with E-state index >= 15 is 0 Å². The van der Waals surface area contributed by atoms with Gasteiger partial charge in [0, 0.05) is 10.6 Å². The van der Waals surface area contributed by atoms with E-state index in [4.69, 9.17) is 21.6 Å². The first kappa shape index (κ1) is 14.0. The highest BCUT2D eigenvalue weighted by atomic mass is 35.5. The zero-order valence-electron chi connectivity index (χ0n) is 10.3. The first-order valence-electron chi connectivity index (χ1n) is 5.72. The van der Waals surface area contributed by atoms with Crippen LogP contribution < -0.4 is 0 Å². The summed E-state index contributed by atoms with van der Waals surface area (Å²) in [5, 5.41) is 9.16. The molecule has 0 radical (unpaired) electrons. The first-order valence-corrected chi connectivity index (χ1v) is 6.10. The van der Waals surface area contributed by atoms with Gasteiger partial charge in [0.25, 0.3) is 0 Å². The third kappa shape index (κ3) is 3.14. The number of hydrogen-bond acceptors (Lipinski definition) is 3. The van der Waals surface area contributed by atoms with Crippen LogP contribution in [0.4, 0.5) is 4.39 Å². The second-order valence-corrected chi connectivity index (χ2v) is 4.41. The van der Waals surface area contributed by atoms with E-state index in [1.807, 2.05) is 6.07 Å². The fraction of sp³-hybridized carbons (Fsp3) is 0.0667. The molecule has 0 heterocycles. The lowest BCUT2D eigenvalue weighted by molar-refractivity contribution is 0.0467. The highest BCUT2D eigenvalue weighted by molar-refractivity contribution is 6.30. The predicted molar refractivity (Wildman–Crippen MR) is 71.7 cm³/mol. The van der Waals surface area contributed by atoms with Crippen molar-refractivity contribution in [3.63, 3.8) is 0 Å². The average molecular weight is 290 g/mol. The van der Waals surface area contributed by atoms with Gasteiger partial charge >= 0.3 is 5.97 Å². The summed E-state index contributed by atoms with van der Waals surface area (Å²) in [5.74, 6) is -1.52. The van der Waals surface area contributed by atoms with Gasteiger partial charge in [-0.15, -0.1) is 0 Å². The van der Waals surface area contributed by atoms with E-state index in [9.17, 15) is 9.18 Å². The van der Waals surface area contributed by atoms with E-state index < -0.39 is 11.8 Å². The smallest absolute Gasteiger partial charge is 0.341 e. The van der Waals surface area contributed by atoms with Gasteiger partial charge in [0.1, 0.15) is 12.4 Å². The zero-order chi connectivity index (χ0) is 14.5. The van der Waals surface area contributed by atoms with Crippen molar-refractivity contribution in [2.45, 2.75) is 6.61 Å². The average Bonchev–Trinajstić information content (AvgIpc) is 2.47. The fourth-order valence-electron chi connectivity index (χ4n) is 1.63. The van der Waals surface area contributed by atoms with Crippen molar-refractivity contribution in [2.75, 3.05) is 0 Å². The Labute approximate surface area is 120 Å². The molecule has 2 aromatic carbocycles. The van der Waals surface area contributed by atoms with Crippen LogP contribution in [0.15, 0.2) is 42.5 Å². The summed E-state index contributed by atoms with van der Waals surface area (Å²) in [6, 6.07) is 12.4. The number of nitriles is 1. The summed E-state index contributed by atoms with van der Waals surface area (Å²) in [6.07, 6.45) is 0. The van der Waals surface area contributed by atoms with Crippen LogP contribution in [-0.2, 0) is 11.3 Å². The number of esters is 1. The molecule has 0 aliphatic carbocycles. The summed E-state index contributed by atoms with van der Waals surface area (Å²) in [4.78, 5) is 11.8. The summed E-state index contributed by atoms with van der Waals surface area (Å²) < 4.78 is 18.5. The largest absolute Gasteiger partial charge is 0.457 e. The zero-order valence-corrected chi connectivity index (χ0v) is 11.0. The molecule has 0 atom stereocenters. The minimum absolute atomic E-state index is 0.103. The monoisotopic (exact) mass is 289 g/mol. The number of rotatable bonds is 3. The van der Waals surface area contributed by atoms with Crippen molar-refractivity contribution in [3.05, 3.63) is 70.0 Å². The van der Waals surface area contributed by atoms with E-state index in [1.54, 1.807) is 24.3 Å². The van der Waals surface area contributed by atoms with Crippen LogP contribution in [0.1, 0.15) is 21.5 Å². The minimum atomic E-state index is -0.822. The molecule has 0 saturated carbocycles. The molecule has 2 rings (SSSR count). The van der Waals surface area contributed by atoms with Crippen LogP contribution >= 0.6 is 11.6 Å². The Morgan fingerprint density at radius 3 is 2.80 bits per heavy atom. The van der Waals surface area contributed by atoms with E-state index in [0.29, 0.717) is 11.1 Å². The molecule has 0 amide bonds. The van der Waals surface area contributed by atoms with Crippen LogP contribution in [0.3, 0.4) is 0 Å². The standard InChI is InChI=1S/C15H9ClFNO2/c16-12-5-6-14(17)13(7-12)15(19)20-9-11-4-2-1-3-10(11)8-18/h1-7H,9H2. The van der Waals surface area contributed by atoms with Crippen molar-refractivity contribution in [1.29, 1.82) is 5.26 Å². The maximum atomic E-state index is 13.5. The molecule has 0 aliphatic rings. The Morgan fingerprint density at radius 1 is 1.30 bits per heavy atom. The number of halogens is 2. The topological polar surface area (TPSA) is 50.1 Å².